The standard InChI is InChI=1S/C30H23NO4/c1-19(32)22-16-24-27(17-26(22)33)35-18-30(24)23-14-8-9-15-25(23)31(29(30)34)28(20-10-4-2-5-11-20)21-12-6-3-7-13-21/h2-17,28,33H,18H2,1H3. The fourth-order valence-electron chi connectivity index (χ4n) is 5.46. The lowest BCUT2D eigenvalue weighted by Gasteiger charge is -2.31. The van der Waals surface area contributed by atoms with E-state index in [0.717, 1.165) is 22.4 Å². The van der Waals surface area contributed by atoms with Crippen molar-refractivity contribution < 1.29 is 19.4 Å². The number of phenolic OH excluding ortho intramolecular Hbond substituents is 1. The Morgan fingerprint density at radius 1 is 0.886 bits per heavy atom. The molecule has 0 bridgehead atoms. The highest BCUT2D eigenvalue weighted by Crippen LogP contribution is 2.55. The first-order chi connectivity index (χ1) is 17.0. The van der Waals surface area contributed by atoms with Gasteiger partial charge in [0.2, 0.25) is 5.91 Å². The van der Waals surface area contributed by atoms with E-state index in [0.29, 0.717) is 11.3 Å². The number of carbonyl (C=O) groups excluding carboxylic acids is 2. The lowest BCUT2D eigenvalue weighted by atomic mass is 9.76. The van der Waals surface area contributed by atoms with Gasteiger partial charge in [-0.1, -0.05) is 78.9 Å². The van der Waals surface area contributed by atoms with Crippen molar-refractivity contribution >= 4 is 17.4 Å². The zero-order valence-electron chi connectivity index (χ0n) is 19.1. The highest BCUT2D eigenvalue weighted by atomic mass is 16.5. The van der Waals surface area contributed by atoms with Gasteiger partial charge in [0.05, 0.1) is 11.6 Å². The van der Waals surface area contributed by atoms with Crippen LogP contribution in [0.25, 0.3) is 0 Å². The van der Waals surface area contributed by atoms with Gasteiger partial charge in [0.1, 0.15) is 23.5 Å². The molecule has 0 radical (unpaired) electrons. The third-order valence-corrected chi connectivity index (χ3v) is 7.08. The van der Waals surface area contributed by atoms with Crippen LogP contribution < -0.4 is 9.64 Å². The number of hydrogen-bond acceptors (Lipinski definition) is 4. The van der Waals surface area contributed by atoms with Crippen LogP contribution in [-0.2, 0) is 10.2 Å². The predicted octanol–water partition coefficient (Wildman–Crippen LogP) is 5.41. The number of aromatic hydroxyl groups is 1. The Balaban J connectivity index is 1.60. The van der Waals surface area contributed by atoms with Gasteiger partial charge in [-0.3, -0.25) is 14.5 Å². The molecule has 0 fully saturated rings. The molecule has 5 nitrogen and oxygen atoms in total. The van der Waals surface area contributed by atoms with Gasteiger partial charge < -0.3 is 9.84 Å². The first kappa shape index (κ1) is 21.2. The maximum atomic E-state index is 14.6. The van der Waals surface area contributed by atoms with Gasteiger partial charge in [0.25, 0.3) is 0 Å². The lowest BCUT2D eigenvalue weighted by Crippen LogP contribution is -2.44. The molecule has 1 unspecified atom stereocenters. The van der Waals surface area contributed by atoms with Gasteiger partial charge in [-0.2, -0.15) is 0 Å². The molecule has 172 valence electrons. The van der Waals surface area contributed by atoms with Crippen LogP contribution in [0.1, 0.15) is 45.6 Å². The Morgan fingerprint density at radius 2 is 1.49 bits per heavy atom. The Bertz CT molecular complexity index is 1430. The first-order valence-corrected chi connectivity index (χ1v) is 11.6. The molecule has 0 aliphatic carbocycles. The number of ketones is 1. The third kappa shape index (κ3) is 3.01. The summed E-state index contributed by atoms with van der Waals surface area (Å²) in [7, 11) is 0. The second-order valence-electron chi connectivity index (χ2n) is 9.03. The zero-order valence-corrected chi connectivity index (χ0v) is 19.1. The lowest BCUT2D eigenvalue weighted by molar-refractivity contribution is -0.122. The predicted molar refractivity (Wildman–Crippen MR) is 133 cm³/mol. The molecule has 0 saturated heterocycles. The number of nitrogens with zero attached hydrogens (tertiary/aromatic N) is 1. The van der Waals surface area contributed by atoms with E-state index < -0.39 is 5.41 Å². The van der Waals surface area contributed by atoms with Crippen molar-refractivity contribution in [1.29, 1.82) is 0 Å². The van der Waals surface area contributed by atoms with Gasteiger partial charge in [-0.25, -0.2) is 0 Å². The summed E-state index contributed by atoms with van der Waals surface area (Å²) >= 11 is 0. The Morgan fingerprint density at radius 3 is 2.11 bits per heavy atom. The molecule has 35 heavy (non-hydrogen) atoms. The SMILES string of the molecule is CC(=O)c1cc2c(cc1O)OCC21C(=O)N(C(c2ccccc2)c2ccccc2)c2ccccc21. The molecule has 4 aromatic rings. The highest BCUT2D eigenvalue weighted by Gasteiger charge is 2.58. The van der Waals surface area contributed by atoms with Crippen LogP contribution in [-0.4, -0.2) is 23.4 Å². The van der Waals surface area contributed by atoms with Crippen LogP contribution in [0, 0.1) is 0 Å². The number of anilines is 1. The molecule has 1 atom stereocenters. The van der Waals surface area contributed by atoms with E-state index >= 15 is 0 Å². The van der Waals surface area contributed by atoms with E-state index in [2.05, 4.69) is 0 Å². The average molecular weight is 462 g/mol. The first-order valence-electron chi connectivity index (χ1n) is 11.6. The molecule has 0 saturated carbocycles. The Hall–Kier alpha value is -4.38. The normalized spacial score (nSPS) is 18.0. The molecule has 1 N–H and O–H groups in total. The van der Waals surface area contributed by atoms with Crippen molar-refractivity contribution in [3.63, 3.8) is 0 Å². The molecule has 4 aromatic carbocycles. The smallest absolute Gasteiger partial charge is 0.246 e. The van der Waals surface area contributed by atoms with Crippen LogP contribution >= 0.6 is 0 Å². The minimum absolute atomic E-state index is 0.103. The number of Topliss-reactive ketones (excluding diaryl/α,β-unsaturated/α-hetero) is 1. The van der Waals surface area contributed by atoms with Gasteiger partial charge >= 0.3 is 0 Å². The van der Waals surface area contributed by atoms with Crippen LogP contribution in [0.2, 0.25) is 0 Å². The fourth-order valence-corrected chi connectivity index (χ4v) is 5.46. The van der Waals surface area contributed by atoms with E-state index in [1.165, 1.54) is 13.0 Å². The van der Waals surface area contributed by atoms with Crippen molar-refractivity contribution in [3.05, 3.63) is 125 Å². The summed E-state index contributed by atoms with van der Waals surface area (Å²) in [4.78, 5) is 28.7. The molecule has 1 spiro atoms. The molecule has 1 amide bonds. The fraction of sp³-hybridized carbons (Fsp3) is 0.133. The summed E-state index contributed by atoms with van der Waals surface area (Å²) in [6.07, 6.45) is 0. The number of rotatable bonds is 4. The van der Waals surface area contributed by atoms with Gasteiger partial charge in [-0.05, 0) is 35.7 Å². The number of fused-ring (bicyclic) bond motifs is 4. The molecule has 2 aliphatic rings. The highest BCUT2D eigenvalue weighted by molar-refractivity contribution is 6.12. The second-order valence-corrected chi connectivity index (χ2v) is 9.03. The second kappa shape index (κ2) is 7.84. The van der Waals surface area contributed by atoms with Gasteiger partial charge in [0.15, 0.2) is 5.78 Å². The van der Waals surface area contributed by atoms with Gasteiger partial charge in [-0.15, -0.1) is 0 Å². The van der Waals surface area contributed by atoms with Crippen molar-refractivity contribution in [2.75, 3.05) is 11.5 Å². The van der Waals surface area contributed by atoms with Crippen molar-refractivity contribution in [3.8, 4) is 11.5 Å². The van der Waals surface area contributed by atoms with E-state index in [1.807, 2.05) is 89.8 Å². The minimum atomic E-state index is -1.11. The molecular weight excluding hydrogens is 438 g/mol. The maximum Gasteiger partial charge on any atom is 0.246 e. The number of phenols is 1. The molecule has 0 aromatic heterocycles. The number of amides is 1. The van der Waals surface area contributed by atoms with Crippen LogP contribution in [0.5, 0.6) is 11.5 Å². The molecular formula is C30H23NO4. The molecule has 2 heterocycles. The van der Waals surface area contributed by atoms with Crippen molar-refractivity contribution in [1.82, 2.24) is 0 Å². The summed E-state index contributed by atoms with van der Waals surface area (Å²) in [5.41, 5.74) is 3.32. The third-order valence-electron chi connectivity index (χ3n) is 7.08. The quantitative estimate of drug-likeness (QED) is 0.413. The largest absolute Gasteiger partial charge is 0.507 e. The molecule has 6 rings (SSSR count). The van der Waals surface area contributed by atoms with Crippen LogP contribution in [0.3, 0.4) is 0 Å². The minimum Gasteiger partial charge on any atom is -0.507 e. The number of para-hydroxylation sites is 1. The average Bonchev–Trinajstić information content (AvgIpc) is 3.37. The summed E-state index contributed by atoms with van der Waals surface area (Å²) < 4.78 is 6.00. The topological polar surface area (TPSA) is 66.8 Å². The maximum absolute atomic E-state index is 14.6. The van der Waals surface area contributed by atoms with E-state index in [1.54, 1.807) is 6.07 Å². The summed E-state index contributed by atoms with van der Waals surface area (Å²) in [5.74, 6) is -0.103. The van der Waals surface area contributed by atoms with E-state index in [4.69, 9.17) is 4.74 Å². The number of ether oxygens (including phenoxy) is 1. The molecule has 2 aliphatic heterocycles. The number of benzene rings is 4. The van der Waals surface area contributed by atoms with E-state index in [-0.39, 0.29) is 35.7 Å². The molecule has 5 heteroatoms. The monoisotopic (exact) mass is 461 g/mol. The van der Waals surface area contributed by atoms with Crippen LogP contribution in [0.4, 0.5) is 5.69 Å². The van der Waals surface area contributed by atoms with Crippen molar-refractivity contribution in [2.45, 2.75) is 18.4 Å². The zero-order chi connectivity index (χ0) is 24.2. The van der Waals surface area contributed by atoms with Crippen LogP contribution in [0.15, 0.2) is 97.1 Å². The summed E-state index contributed by atoms with van der Waals surface area (Å²) in [6.45, 7) is 1.51. The Labute approximate surface area is 203 Å². The number of hydrogen-bond donors (Lipinski definition) is 1. The summed E-state index contributed by atoms with van der Waals surface area (Å²) in [5, 5.41) is 10.4. The number of carbonyl (C=O) groups is 2. The van der Waals surface area contributed by atoms with Gasteiger partial charge in [0, 0.05) is 17.3 Å². The Kier molecular flexibility index (Phi) is 4.74. The van der Waals surface area contributed by atoms with E-state index in [9.17, 15) is 14.7 Å². The summed E-state index contributed by atoms with van der Waals surface area (Å²) in [6, 6.07) is 30.4. The van der Waals surface area contributed by atoms with Crippen molar-refractivity contribution in [2.24, 2.45) is 0 Å².